The van der Waals surface area contributed by atoms with Crippen LogP contribution in [0.25, 0.3) is 11.0 Å². The number of rotatable bonds is 2. The van der Waals surface area contributed by atoms with E-state index >= 15 is 0 Å². The second-order valence-electron chi connectivity index (χ2n) is 4.61. The largest absolute Gasteiger partial charge is 0.369 e. The number of aromatic nitrogens is 3. The van der Waals surface area contributed by atoms with Gasteiger partial charge in [0.15, 0.2) is 0 Å². The predicted octanol–water partition coefficient (Wildman–Crippen LogP) is 3.11. The number of nitrogens with zero attached hydrogens (tertiary/aromatic N) is 3. The van der Waals surface area contributed by atoms with Crippen LogP contribution in [0, 0.1) is 16.3 Å². The van der Waals surface area contributed by atoms with E-state index in [-0.39, 0.29) is 5.82 Å². The Morgan fingerprint density at radius 2 is 2.20 bits per heavy atom. The summed E-state index contributed by atoms with van der Waals surface area (Å²) >= 11 is 1.95. The van der Waals surface area contributed by atoms with E-state index in [1.54, 1.807) is 23.0 Å². The van der Waals surface area contributed by atoms with Crippen LogP contribution in [-0.4, -0.2) is 14.5 Å². The number of nitrogen functional groups attached to an aromatic ring is 1. The molecule has 0 bridgehead atoms. The van der Waals surface area contributed by atoms with Crippen molar-refractivity contribution in [2.24, 2.45) is 0 Å². The van der Waals surface area contributed by atoms with Gasteiger partial charge in [0, 0.05) is 18.5 Å². The minimum Gasteiger partial charge on any atom is -0.369 e. The van der Waals surface area contributed by atoms with Crippen LogP contribution in [0.3, 0.4) is 0 Å². The lowest BCUT2D eigenvalue weighted by Gasteiger charge is -2.09. The zero-order valence-electron chi connectivity index (χ0n) is 10.8. The average molecular weight is 382 g/mol. The summed E-state index contributed by atoms with van der Waals surface area (Å²) in [6.45, 7) is 2.54. The Balaban J connectivity index is 2.14. The number of anilines is 1. The van der Waals surface area contributed by atoms with Crippen molar-refractivity contribution in [2.45, 2.75) is 13.5 Å². The summed E-state index contributed by atoms with van der Waals surface area (Å²) < 4.78 is 16.1. The van der Waals surface area contributed by atoms with E-state index in [2.05, 4.69) is 9.97 Å². The highest BCUT2D eigenvalue weighted by molar-refractivity contribution is 14.1. The molecule has 0 aliphatic rings. The number of hydrogen-bond acceptors (Lipinski definition) is 3. The number of hydrogen-bond donors (Lipinski definition) is 1. The van der Waals surface area contributed by atoms with Crippen molar-refractivity contribution in [3.8, 4) is 0 Å². The molecular weight excluding hydrogens is 370 g/mol. The van der Waals surface area contributed by atoms with Gasteiger partial charge in [-0.2, -0.15) is 0 Å². The second-order valence-corrected chi connectivity index (χ2v) is 5.78. The molecule has 0 spiro atoms. The van der Waals surface area contributed by atoms with Gasteiger partial charge in [0.25, 0.3) is 0 Å². The van der Waals surface area contributed by atoms with Crippen molar-refractivity contribution in [3.05, 3.63) is 51.1 Å². The van der Waals surface area contributed by atoms with Gasteiger partial charge in [0.2, 0.25) is 5.95 Å². The van der Waals surface area contributed by atoms with Crippen molar-refractivity contribution in [1.82, 2.24) is 14.5 Å². The Kier molecular flexibility index (Phi) is 3.33. The maximum absolute atomic E-state index is 13.8. The van der Waals surface area contributed by atoms with Gasteiger partial charge in [-0.05, 0) is 52.8 Å². The SMILES string of the molecule is Cc1ccncc1Cn1c(N)nc2cc(I)c(F)cc21. The van der Waals surface area contributed by atoms with Crippen LogP contribution in [0.2, 0.25) is 0 Å². The maximum Gasteiger partial charge on any atom is 0.201 e. The molecule has 0 amide bonds. The van der Waals surface area contributed by atoms with E-state index in [0.717, 1.165) is 11.1 Å². The first-order chi connectivity index (χ1) is 9.56. The van der Waals surface area contributed by atoms with Crippen LogP contribution in [0.5, 0.6) is 0 Å². The van der Waals surface area contributed by atoms with Crippen LogP contribution in [-0.2, 0) is 6.54 Å². The number of aryl methyl sites for hydroxylation is 1. The molecule has 2 heterocycles. The Hall–Kier alpha value is -1.70. The molecule has 0 unspecified atom stereocenters. The molecular formula is C14H12FIN4. The van der Waals surface area contributed by atoms with Gasteiger partial charge in [-0.1, -0.05) is 0 Å². The Morgan fingerprint density at radius 1 is 1.40 bits per heavy atom. The zero-order chi connectivity index (χ0) is 14.3. The summed E-state index contributed by atoms with van der Waals surface area (Å²) in [5.74, 6) is 0.117. The predicted molar refractivity (Wildman–Crippen MR) is 84.9 cm³/mol. The highest BCUT2D eigenvalue weighted by Gasteiger charge is 2.12. The number of fused-ring (bicyclic) bond motifs is 1. The third-order valence-corrected chi connectivity index (χ3v) is 4.12. The first-order valence-electron chi connectivity index (χ1n) is 6.06. The monoisotopic (exact) mass is 382 g/mol. The fourth-order valence-corrected chi connectivity index (χ4v) is 2.59. The quantitative estimate of drug-likeness (QED) is 0.693. The molecule has 4 nitrogen and oxygen atoms in total. The number of pyridine rings is 1. The molecule has 3 rings (SSSR count). The summed E-state index contributed by atoms with van der Waals surface area (Å²) in [4.78, 5) is 8.41. The Bertz CT molecular complexity index is 797. The summed E-state index contributed by atoms with van der Waals surface area (Å²) in [6, 6.07) is 5.12. The van der Waals surface area contributed by atoms with E-state index < -0.39 is 0 Å². The highest BCUT2D eigenvalue weighted by Crippen LogP contribution is 2.24. The zero-order valence-corrected chi connectivity index (χ0v) is 12.9. The molecule has 3 aromatic rings. The molecule has 0 atom stereocenters. The van der Waals surface area contributed by atoms with Gasteiger partial charge in [0.1, 0.15) is 5.82 Å². The average Bonchev–Trinajstić information content (AvgIpc) is 2.69. The standard InChI is InChI=1S/C14H12FIN4/c1-8-2-3-18-6-9(8)7-20-13-4-10(15)11(16)5-12(13)19-14(20)17/h2-6H,7H2,1H3,(H2,17,19). The van der Waals surface area contributed by atoms with Crippen molar-refractivity contribution < 1.29 is 4.39 Å². The van der Waals surface area contributed by atoms with E-state index in [4.69, 9.17) is 5.73 Å². The molecule has 0 fully saturated rings. The maximum atomic E-state index is 13.8. The summed E-state index contributed by atoms with van der Waals surface area (Å²) in [5, 5.41) is 0. The van der Waals surface area contributed by atoms with Crippen LogP contribution >= 0.6 is 22.6 Å². The van der Waals surface area contributed by atoms with Gasteiger partial charge >= 0.3 is 0 Å². The third-order valence-electron chi connectivity index (χ3n) is 3.30. The van der Waals surface area contributed by atoms with Crippen molar-refractivity contribution >= 4 is 39.6 Å². The van der Waals surface area contributed by atoms with Crippen LogP contribution in [0.4, 0.5) is 10.3 Å². The summed E-state index contributed by atoms with van der Waals surface area (Å²) in [5.41, 5.74) is 9.52. The molecule has 102 valence electrons. The number of halogens is 2. The smallest absolute Gasteiger partial charge is 0.201 e. The lowest BCUT2D eigenvalue weighted by Crippen LogP contribution is -2.06. The van der Waals surface area contributed by atoms with Gasteiger partial charge < -0.3 is 10.3 Å². The lowest BCUT2D eigenvalue weighted by atomic mass is 10.1. The van der Waals surface area contributed by atoms with Crippen LogP contribution in [0.15, 0.2) is 30.6 Å². The fourth-order valence-electron chi connectivity index (χ4n) is 2.14. The molecule has 2 aromatic heterocycles. The Morgan fingerprint density at radius 3 is 2.95 bits per heavy atom. The molecule has 0 aliphatic carbocycles. The van der Waals surface area contributed by atoms with Gasteiger partial charge in [0.05, 0.1) is 21.1 Å². The topological polar surface area (TPSA) is 56.7 Å². The first-order valence-corrected chi connectivity index (χ1v) is 7.14. The van der Waals surface area contributed by atoms with E-state index in [0.29, 0.717) is 27.1 Å². The molecule has 1 aromatic carbocycles. The molecule has 6 heteroatoms. The minimum atomic E-state index is -0.262. The number of benzene rings is 1. The fraction of sp³-hybridized carbons (Fsp3) is 0.143. The number of imidazole rings is 1. The van der Waals surface area contributed by atoms with Crippen molar-refractivity contribution in [1.29, 1.82) is 0 Å². The molecule has 0 saturated heterocycles. The van der Waals surface area contributed by atoms with E-state index in [1.165, 1.54) is 6.07 Å². The summed E-state index contributed by atoms with van der Waals surface area (Å²) in [7, 11) is 0. The molecule has 20 heavy (non-hydrogen) atoms. The van der Waals surface area contributed by atoms with E-state index in [1.807, 2.05) is 35.6 Å². The van der Waals surface area contributed by atoms with Gasteiger partial charge in [-0.3, -0.25) is 4.98 Å². The first kappa shape index (κ1) is 13.3. The second kappa shape index (κ2) is 5.01. The van der Waals surface area contributed by atoms with Crippen molar-refractivity contribution in [2.75, 3.05) is 5.73 Å². The van der Waals surface area contributed by atoms with Crippen LogP contribution in [0.1, 0.15) is 11.1 Å². The third kappa shape index (κ3) is 2.24. The molecule has 0 radical (unpaired) electrons. The lowest BCUT2D eigenvalue weighted by molar-refractivity contribution is 0.621. The minimum absolute atomic E-state index is 0.262. The van der Waals surface area contributed by atoms with Crippen molar-refractivity contribution in [3.63, 3.8) is 0 Å². The number of nitrogens with two attached hydrogens (primary N) is 1. The Labute approximate surface area is 129 Å². The molecule has 2 N–H and O–H groups in total. The van der Waals surface area contributed by atoms with Gasteiger partial charge in [-0.25, -0.2) is 9.37 Å². The normalized spacial score (nSPS) is 11.2. The van der Waals surface area contributed by atoms with Gasteiger partial charge in [-0.15, -0.1) is 0 Å². The highest BCUT2D eigenvalue weighted by atomic mass is 127. The molecule has 0 aliphatic heterocycles. The van der Waals surface area contributed by atoms with E-state index in [9.17, 15) is 4.39 Å². The molecule has 0 saturated carbocycles. The summed E-state index contributed by atoms with van der Waals surface area (Å²) in [6.07, 6.45) is 3.54. The van der Waals surface area contributed by atoms with Crippen LogP contribution < -0.4 is 5.73 Å².